The molecule has 0 saturated heterocycles. The van der Waals surface area contributed by atoms with Gasteiger partial charge in [-0.1, -0.05) is 44.2 Å². The van der Waals surface area contributed by atoms with Crippen molar-refractivity contribution in [2.45, 2.75) is 20.5 Å². The first-order valence-electron chi connectivity index (χ1n) is 9.38. The molecule has 0 radical (unpaired) electrons. The second-order valence-corrected chi connectivity index (χ2v) is 6.09. The van der Waals surface area contributed by atoms with Crippen molar-refractivity contribution in [2.75, 3.05) is 0 Å². The lowest BCUT2D eigenvalue weighted by Gasteiger charge is -2.12. The molecule has 0 atom stereocenters. The molecule has 4 aromatic rings. The Morgan fingerprint density at radius 3 is 2.21 bits per heavy atom. The van der Waals surface area contributed by atoms with Gasteiger partial charge < -0.3 is 19.4 Å². The Hall–Kier alpha value is -3.73. The van der Waals surface area contributed by atoms with E-state index in [1.54, 1.807) is 12.1 Å². The average Bonchev–Trinajstić information content (AvgIpc) is 2.75. The molecule has 0 fully saturated rings. The summed E-state index contributed by atoms with van der Waals surface area (Å²) in [7, 11) is 0. The number of ether oxygens (including phenoxy) is 1. The van der Waals surface area contributed by atoms with E-state index in [2.05, 4.69) is 0 Å². The number of aromatic hydroxyl groups is 2. The maximum Gasteiger partial charge on any atom is 0.235 e. The Bertz CT molecular complexity index is 1150. The van der Waals surface area contributed by atoms with E-state index in [1.165, 1.54) is 30.3 Å². The first-order chi connectivity index (χ1) is 14.1. The van der Waals surface area contributed by atoms with Crippen LogP contribution in [0.25, 0.3) is 22.3 Å². The lowest BCUT2D eigenvalue weighted by molar-refractivity contribution is 0.298. The first kappa shape index (κ1) is 20.0. The highest BCUT2D eigenvalue weighted by molar-refractivity contribution is 5.83. The number of hydrogen-bond acceptors (Lipinski definition) is 5. The predicted molar refractivity (Wildman–Crippen MR) is 113 cm³/mol. The van der Waals surface area contributed by atoms with Crippen LogP contribution in [0.5, 0.6) is 17.2 Å². The number of rotatable bonds is 4. The van der Waals surface area contributed by atoms with Crippen molar-refractivity contribution >= 4 is 11.0 Å². The number of phenolic OH excluding ortho intramolecular Hbond substituents is 2. The summed E-state index contributed by atoms with van der Waals surface area (Å²) in [6, 6.07) is 20.1. The predicted octanol–water partition coefficient (Wildman–Crippen LogP) is 5.48. The van der Waals surface area contributed by atoms with E-state index in [-0.39, 0.29) is 40.6 Å². The van der Waals surface area contributed by atoms with Gasteiger partial charge in [-0.05, 0) is 42.0 Å². The van der Waals surface area contributed by atoms with Crippen LogP contribution in [-0.4, -0.2) is 10.2 Å². The number of hydrogen-bond donors (Lipinski definition) is 2. The van der Waals surface area contributed by atoms with Crippen LogP contribution >= 0.6 is 0 Å². The van der Waals surface area contributed by atoms with Gasteiger partial charge in [0.2, 0.25) is 11.2 Å². The van der Waals surface area contributed by atoms with Crippen molar-refractivity contribution in [2.24, 2.45) is 0 Å². The number of fused-ring (bicyclic) bond motifs is 1. The molecule has 0 amide bonds. The molecule has 1 heterocycles. The molecule has 4 rings (SSSR count). The van der Waals surface area contributed by atoms with Gasteiger partial charge >= 0.3 is 0 Å². The Kier molecular flexibility index (Phi) is 6.19. The zero-order valence-electron chi connectivity index (χ0n) is 16.3. The van der Waals surface area contributed by atoms with Gasteiger partial charge in [-0.2, -0.15) is 0 Å². The lowest BCUT2D eigenvalue weighted by Crippen LogP contribution is -2.10. The minimum absolute atomic E-state index is 0.000241. The van der Waals surface area contributed by atoms with Crippen molar-refractivity contribution in [1.82, 2.24) is 0 Å². The number of phenols is 2. The standard InChI is InChI=1S/C22H16O5.C2H6/c23-16-8-6-15(7-9-16)21-22(26-13-14-4-2-1-3-5-14)20(25)18-11-10-17(24)12-19(18)27-21;1-2/h1-12,23-24H,13H2;1-2H3. The zero-order chi connectivity index (χ0) is 20.8. The van der Waals surface area contributed by atoms with E-state index in [1.807, 2.05) is 44.2 Å². The summed E-state index contributed by atoms with van der Waals surface area (Å²) in [5, 5.41) is 19.6. The van der Waals surface area contributed by atoms with E-state index < -0.39 is 0 Å². The lowest BCUT2D eigenvalue weighted by atomic mass is 10.1. The summed E-state index contributed by atoms with van der Waals surface area (Å²) >= 11 is 0. The highest BCUT2D eigenvalue weighted by Crippen LogP contribution is 2.33. The van der Waals surface area contributed by atoms with Crippen LogP contribution in [-0.2, 0) is 6.61 Å². The van der Waals surface area contributed by atoms with Crippen molar-refractivity contribution < 1.29 is 19.4 Å². The molecule has 0 aliphatic carbocycles. The van der Waals surface area contributed by atoms with Gasteiger partial charge in [-0.15, -0.1) is 0 Å². The van der Waals surface area contributed by atoms with E-state index >= 15 is 0 Å². The summed E-state index contributed by atoms with van der Waals surface area (Å²) in [5.41, 5.74) is 1.43. The molecule has 148 valence electrons. The molecule has 0 aliphatic rings. The number of benzene rings is 3. The monoisotopic (exact) mass is 390 g/mol. The van der Waals surface area contributed by atoms with Crippen LogP contribution < -0.4 is 10.2 Å². The van der Waals surface area contributed by atoms with E-state index in [4.69, 9.17) is 9.15 Å². The summed E-state index contributed by atoms with van der Waals surface area (Å²) in [6.07, 6.45) is 0. The molecule has 2 N–H and O–H groups in total. The molecule has 0 unspecified atom stereocenters. The van der Waals surface area contributed by atoms with Gasteiger partial charge in [0, 0.05) is 11.6 Å². The van der Waals surface area contributed by atoms with Crippen molar-refractivity contribution in [3.05, 3.63) is 88.6 Å². The third-order valence-corrected chi connectivity index (χ3v) is 4.19. The van der Waals surface area contributed by atoms with Gasteiger partial charge in [0.25, 0.3) is 0 Å². The third-order valence-electron chi connectivity index (χ3n) is 4.19. The molecule has 3 aromatic carbocycles. The summed E-state index contributed by atoms with van der Waals surface area (Å²) in [4.78, 5) is 13.0. The maximum absolute atomic E-state index is 13.0. The smallest absolute Gasteiger partial charge is 0.235 e. The maximum atomic E-state index is 13.0. The van der Waals surface area contributed by atoms with Gasteiger partial charge in [0.1, 0.15) is 23.7 Å². The molecule has 0 spiro atoms. The average molecular weight is 390 g/mol. The highest BCUT2D eigenvalue weighted by Gasteiger charge is 2.18. The summed E-state index contributed by atoms with van der Waals surface area (Å²) in [6.45, 7) is 4.21. The molecular weight excluding hydrogens is 368 g/mol. The second kappa shape index (κ2) is 8.97. The SMILES string of the molecule is CC.O=c1c(OCc2ccccc2)c(-c2ccc(O)cc2)oc2cc(O)ccc12. The van der Waals surface area contributed by atoms with Gasteiger partial charge in [0.15, 0.2) is 5.76 Å². The Morgan fingerprint density at radius 2 is 1.52 bits per heavy atom. The second-order valence-electron chi connectivity index (χ2n) is 6.09. The van der Waals surface area contributed by atoms with Crippen LogP contribution in [0.3, 0.4) is 0 Å². The Balaban J connectivity index is 0.00000117. The van der Waals surface area contributed by atoms with Crippen LogP contribution in [0.4, 0.5) is 0 Å². The quantitative estimate of drug-likeness (QED) is 0.482. The molecule has 0 saturated carbocycles. The van der Waals surface area contributed by atoms with E-state index in [0.717, 1.165) is 5.56 Å². The molecule has 5 nitrogen and oxygen atoms in total. The molecule has 0 bridgehead atoms. The third kappa shape index (κ3) is 4.41. The molecule has 0 aliphatic heterocycles. The van der Waals surface area contributed by atoms with Crippen LogP contribution in [0.15, 0.2) is 82.0 Å². The fourth-order valence-electron chi connectivity index (χ4n) is 2.83. The molecule has 5 heteroatoms. The summed E-state index contributed by atoms with van der Waals surface area (Å²) in [5.74, 6) is 0.434. The Labute approximate surface area is 168 Å². The van der Waals surface area contributed by atoms with E-state index in [9.17, 15) is 15.0 Å². The van der Waals surface area contributed by atoms with E-state index in [0.29, 0.717) is 10.9 Å². The fraction of sp³-hybridized carbons (Fsp3) is 0.125. The van der Waals surface area contributed by atoms with Crippen molar-refractivity contribution in [1.29, 1.82) is 0 Å². The summed E-state index contributed by atoms with van der Waals surface area (Å²) < 4.78 is 11.7. The van der Waals surface area contributed by atoms with Gasteiger partial charge in [-0.25, -0.2) is 0 Å². The first-order valence-corrected chi connectivity index (χ1v) is 9.38. The molecule has 1 aromatic heterocycles. The van der Waals surface area contributed by atoms with Gasteiger partial charge in [0.05, 0.1) is 5.39 Å². The minimum atomic E-state index is -0.324. The van der Waals surface area contributed by atoms with Crippen LogP contribution in [0.2, 0.25) is 0 Å². The zero-order valence-corrected chi connectivity index (χ0v) is 16.3. The van der Waals surface area contributed by atoms with Crippen LogP contribution in [0.1, 0.15) is 19.4 Å². The van der Waals surface area contributed by atoms with Gasteiger partial charge in [-0.3, -0.25) is 4.79 Å². The van der Waals surface area contributed by atoms with Crippen molar-refractivity contribution in [3.8, 4) is 28.6 Å². The Morgan fingerprint density at radius 1 is 0.862 bits per heavy atom. The van der Waals surface area contributed by atoms with Crippen LogP contribution in [0, 0.1) is 0 Å². The highest BCUT2D eigenvalue weighted by atomic mass is 16.5. The normalized spacial score (nSPS) is 10.3. The minimum Gasteiger partial charge on any atom is -0.508 e. The van der Waals surface area contributed by atoms with Crippen molar-refractivity contribution in [3.63, 3.8) is 0 Å². The topological polar surface area (TPSA) is 79.9 Å². The molecule has 29 heavy (non-hydrogen) atoms. The largest absolute Gasteiger partial charge is 0.508 e. The molecular formula is C24H22O5. The fourth-order valence-corrected chi connectivity index (χ4v) is 2.83.